The summed E-state index contributed by atoms with van der Waals surface area (Å²) in [5.74, 6) is 0.416. The second kappa shape index (κ2) is 4.70. The van der Waals surface area contributed by atoms with Gasteiger partial charge in [0, 0.05) is 5.69 Å². The number of pyridine rings is 1. The molecule has 2 rings (SSSR count). The van der Waals surface area contributed by atoms with Gasteiger partial charge in [-0.2, -0.15) is 0 Å². The Labute approximate surface area is 92.8 Å². The van der Waals surface area contributed by atoms with Gasteiger partial charge in [-0.05, 0) is 19.1 Å². The van der Waals surface area contributed by atoms with Crippen molar-refractivity contribution in [2.75, 3.05) is 0 Å². The molecule has 2 aromatic rings. The molecule has 0 fully saturated rings. The molecule has 0 radical (unpaired) electrons. The smallest absolute Gasteiger partial charge is 0.228 e. The van der Waals surface area contributed by atoms with Crippen LogP contribution in [-0.4, -0.2) is 16.3 Å². The Hall–Kier alpha value is -1.68. The van der Waals surface area contributed by atoms with E-state index in [-0.39, 0.29) is 12.4 Å². The van der Waals surface area contributed by atoms with E-state index < -0.39 is 0 Å². The molecule has 4 nitrogen and oxygen atoms in total. The summed E-state index contributed by atoms with van der Waals surface area (Å²) in [5, 5.41) is 0. The second-order valence-corrected chi connectivity index (χ2v) is 2.84. The SMILES string of the molecule is Cc1ccc(-c2ncco2)c(C=O)n1.Cl. The zero-order valence-corrected chi connectivity index (χ0v) is 8.82. The summed E-state index contributed by atoms with van der Waals surface area (Å²) in [6.07, 6.45) is 3.69. The summed E-state index contributed by atoms with van der Waals surface area (Å²) in [5.41, 5.74) is 1.77. The van der Waals surface area contributed by atoms with Gasteiger partial charge < -0.3 is 4.42 Å². The Morgan fingerprint density at radius 3 is 2.80 bits per heavy atom. The Morgan fingerprint density at radius 2 is 2.20 bits per heavy atom. The van der Waals surface area contributed by atoms with Gasteiger partial charge in [-0.25, -0.2) is 9.97 Å². The van der Waals surface area contributed by atoms with Gasteiger partial charge in [0.2, 0.25) is 5.89 Å². The van der Waals surface area contributed by atoms with Crippen LogP contribution in [0.15, 0.2) is 29.0 Å². The van der Waals surface area contributed by atoms with Crippen molar-refractivity contribution in [2.45, 2.75) is 6.92 Å². The fraction of sp³-hybridized carbons (Fsp3) is 0.100. The molecule has 0 saturated heterocycles. The van der Waals surface area contributed by atoms with Crippen molar-refractivity contribution in [1.82, 2.24) is 9.97 Å². The summed E-state index contributed by atoms with van der Waals surface area (Å²) >= 11 is 0. The number of hydrogen-bond donors (Lipinski definition) is 0. The minimum absolute atomic E-state index is 0. The second-order valence-electron chi connectivity index (χ2n) is 2.84. The third-order valence-electron chi connectivity index (χ3n) is 1.84. The lowest BCUT2D eigenvalue weighted by molar-refractivity contribution is 0.111. The fourth-order valence-electron chi connectivity index (χ4n) is 1.20. The number of aromatic nitrogens is 2. The molecule has 0 saturated carbocycles. The maximum atomic E-state index is 10.7. The van der Waals surface area contributed by atoms with E-state index in [0.29, 0.717) is 23.4 Å². The highest BCUT2D eigenvalue weighted by atomic mass is 35.5. The molecular formula is C10H9ClN2O2. The van der Waals surface area contributed by atoms with E-state index in [1.165, 1.54) is 12.5 Å². The maximum absolute atomic E-state index is 10.7. The van der Waals surface area contributed by atoms with Gasteiger partial charge in [0.15, 0.2) is 6.29 Å². The molecule has 0 spiro atoms. The largest absolute Gasteiger partial charge is 0.444 e. The number of aldehydes is 1. The zero-order chi connectivity index (χ0) is 9.97. The average Bonchev–Trinajstić information content (AvgIpc) is 2.70. The van der Waals surface area contributed by atoms with Gasteiger partial charge in [-0.3, -0.25) is 4.79 Å². The molecule has 0 aliphatic rings. The van der Waals surface area contributed by atoms with Crippen LogP contribution in [0.3, 0.4) is 0 Å². The Bertz CT molecular complexity index is 454. The number of aryl methyl sites for hydroxylation is 1. The first-order valence-corrected chi connectivity index (χ1v) is 4.14. The average molecular weight is 225 g/mol. The number of carbonyl (C=O) groups is 1. The molecule has 0 unspecified atom stereocenters. The number of rotatable bonds is 2. The van der Waals surface area contributed by atoms with Crippen LogP contribution in [-0.2, 0) is 0 Å². The van der Waals surface area contributed by atoms with Crippen LogP contribution in [0, 0.1) is 6.92 Å². The predicted octanol–water partition coefficient (Wildman–Crippen LogP) is 2.28. The van der Waals surface area contributed by atoms with Crippen molar-refractivity contribution < 1.29 is 9.21 Å². The van der Waals surface area contributed by atoms with E-state index in [2.05, 4.69) is 9.97 Å². The first kappa shape index (κ1) is 11.4. The lowest BCUT2D eigenvalue weighted by Crippen LogP contribution is -1.94. The molecule has 0 atom stereocenters. The maximum Gasteiger partial charge on any atom is 0.228 e. The highest BCUT2D eigenvalue weighted by Gasteiger charge is 2.09. The van der Waals surface area contributed by atoms with Crippen molar-refractivity contribution in [2.24, 2.45) is 0 Å². The minimum atomic E-state index is 0. The van der Waals surface area contributed by atoms with Gasteiger partial charge in [0.25, 0.3) is 0 Å². The Morgan fingerprint density at radius 1 is 1.40 bits per heavy atom. The van der Waals surface area contributed by atoms with Gasteiger partial charge in [-0.15, -0.1) is 12.4 Å². The van der Waals surface area contributed by atoms with Crippen molar-refractivity contribution >= 4 is 18.7 Å². The highest BCUT2D eigenvalue weighted by molar-refractivity contribution is 5.85. The molecule has 15 heavy (non-hydrogen) atoms. The first-order chi connectivity index (χ1) is 6.81. The molecule has 5 heteroatoms. The van der Waals surface area contributed by atoms with Crippen LogP contribution in [0.4, 0.5) is 0 Å². The van der Waals surface area contributed by atoms with E-state index in [1.54, 1.807) is 6.07 Å². The third kappa shape index (κ3) is 2.22. The molecule has 0 aromatic carbocycles. The van der Waals surface area contributed by atoms with E-state index in [9.17, 15) is 4.79 Å². The Balaban J connectivity index is 0.00000112. The first-order valence-electron chi connectivity index (χ1n) is 4.14. The fourth-order valence-corrected chi connectivity index (χ4v) is 1.20. The van der Waals surface area contributed by atoms with Crippen LogP contribution in [0.1, 0.15) is 16.2 Å². The molecular weight excluding hydrogens is 216 g/mol. The Kier molecular flexibility index (Phi) is 3.57. The molecule has 0 bridgehead atoms. The number of nitrogens with zero attached hydrogens (tertiary/aromatic N) is 2. The minimum Gasteiger partial charge on any atom is -0.444 e. The summed E-state index contributed by atoms with van der Waals surface area (Å²) in [7, 11) is 0. The quantitative estimate of drug-likeness (QED) is 0.735. The third-order valence-corrected chi connectivity index (χ3v) is 1.84. The van der Waals surface area contributed by atoms with Crippen LogP contribution in [0.5, 0.6) is 0 Å². The monoisotopic (exact) mass is 224 g/mol. The molecule has 2 heterocycles. The van der Waals surface area contributed by atoms with E-state index in [0.717, 1.165) is 5.69 Å². The number of hydrogen-bond acceptors (Lipinski definition) is 4. The van der Waals surface area contributed by atoms with Gasteiger partial charge in [0.1, 0.15) is 12.0 Å². The number of halogens is 1. The molecule has 0 aliphatic carbocycles. The summed E-state index contributed by atoms with van der Waals surface area (Å²) in [6, 6.07) is 3.59. The molecule has 0 N–H and O–H groups in total. The summed E-state index contributed by atoms with van der Waals surface area (Å²) in [6.45, 7) is 1.83. The van der Waals surface area contributed by atoms with E-state index in [1.807, 2.05) is 13.0 Å². The zero-order valence-electron chi connectivity index (χ0n) is 8.01. The van der Waals surface area contributed by atoms with Crippen LogP contribution < -0.4 is 0 Å². The molecule has 0 amide bonds. The number of oxazole rings is 1. The topological polar surface area (TPSA) is 56.0 Å². The molecule has 78 valence electrons. The highest BCUT2D eigenvalue weighted by Crippen LogP contribution is 2.19. The lowest BCUT2D eigenvalue weighted by Gasteiger charge is -1.99. The van der Waals surface area contributed by atoms with Crippen molar-refractivity contribution in [3.63, 3.8) is 0 Å². The normalized spacial score (nSPS) is 9.40. The number of carbonyl (C=O) groups excluding carboxylic acids is 1. The standard InChI is InChI=1S/C10H8N2O2.ClH/c1-7-2-3-8(9(6-13)12-7)10-11-4-5-14-10;/h2-6H,1H3;1H. The van der Waals surface area contributed by atoms with E-state index >= 15 is 0 Å². The molecule has 2 aromatic heterocycles. The van der Waals surface area contributed by atoms with Gasteiger partial charge in [-0.1, -0.05) is 0 Å². The van der Waals surface area contributed by atoms with Gasteiger partial charge >= 0.3 is 0 Å². The van der Waals surface area contributed by atoms with Crippen LogP contribution in [0.25, 0.3) is 11.5 Å². The van der Waals surface area contributed by atoms with Gasteiger partial charge in [0.05, 0.1) is 11.8 Å². The van der Waals surface area contributed by atoms with E-state index in [4.69, 9.17) is 4.42 Å². The predicted molar refractivity (Wildman–Crippen MR) is 57.1 cm³/mol. The van der Waals surface area contributed by atoms with Crippen LogP contribution >= 0.6 is 12.4 Å². The summed E-state index contributed by atoms with van der Waals surface area (Å²) in [4.78, 5) is 18.8. The van der Waals surface area contributed by atoms with Crippen LogP contribution in [0.2, 0.25) is 0 Å². The van der Waals surface area contributed by atoms with Crippen molar-refractivity contribution in [3.8, 4) is 11.5 Å². The molecule has 0 aliphatic heterocycles. The lowest BCUT2D eigenvalue weighted by atomic mass is 10.2. The summed E-state index contributed by atoms with van der Waals surface area (Å²) < 4.78 is 5.09. The van der Waals surface area contributed by atoms with Crippen molar-refractivity contribution in [1.29, 1.82) is 0 Å². The van der Waals surface area contributed by atoms with Crippen molar-refractivity contribution in [3.05, 3.63) is 36.0 Å².